The van der Waals surface area contributed by atoms with Gasteiger partial charge in [-0.15, -0.1) is 0 Å². The number of aliphatic hydroxyl groups is 1. The molecule has 0 saturated carbocycles. The molecule has 0 saturated heterocycles. The van der Waals surface area contributed by atoms with Gasteiger partial charge < -0.3 is 5.11 Å². The van der Waals surface area contributed by atoms with Crippen molar-refractivity contribution in [3.8, 4) is 0 Å². The second-order valence-corrected chi connectivity index (χ2v) is 2.17. The molecular formula is C4H10ClOW. The van der Waals surface area contributed by atoms with Crippen LogP contribution in [0.2, 0.25) is 0 Å². The molecule has 7 heavy (non-hydrogen) atoms. The fourth-order valence-electron chi connectivity index (χ4n) is 0. The maximum absolute atomic E-state index is 8.52. The van der Waals surface area contributed by atoms with Crippen molar-refractivity contribution in [3.63, 3.8) is 0 Å². The van der Waals surface area contributed by atoms with Crippen molar-refractivity contribution in [1.82, 2.24) is 0 Å². The standard InChI is InChI=1S/C4H10O.ClH.W/c1-4(2,3)5;;/h5H,1-3H3;1H;/q;;+1/p-1. The van der Waals surface area contributed by atoms with E-state index in [0.29, 0.717) is 0 Å². The summed E-state index contributed by atoms with van der Waals surface area (Å²) in [5.74, 6) is 0. The van der Waals surface area contributed by atoms with Gasteiger partial charge in [0.2, 0.25) is 0 Å². The summed E-state index contributed by atoms with van der Waals surface area (Å²) in [6.07, 6.45) is 0. The molecule has 0 rings (SSSR count). The van der Waals surface area contributed by atoms with Gasteiger partial charge in [0.25, 0.3) is 0 Å². The fraction of sp³-hybridized carbons (Fsp3) is 1.00. The molecule has 0 aromatic heterocycles. The minimum absolute atomic E-state index is 0.500. The van der Waals surface area contributed by atoms with E-state index in [1.807, 2.05) is 0 Å². The summed E-state index contributed by atoms with van der Waals surface area (Å²) in [4.78, 5) is 0. The Morgan fingerprint density at radius 3 is 1.29 bits per heavy atom. The van der Waals surface area contributed by atoms with E-state index in [1.165, 1.54) is 0 Å². The van der Waals surface area contributed by atoms with Crippen molar-refractivity contribution in [2.45, 2.75) is 26.4 Å². The van der Waals surface area contributed by atoms with Gasteiger partial charge in [0.05, 0.1) is 5.60 Å². The van der Waals surface area contributed by atoms with Crippen molar-refractivity contribution < 1.29 is 23.9 Å². The van der Waals surface area contributed by atoms with Crippen LogP contribution in [-0.2, 0) is 18.8 Å². The predicted octanol–water partition coefficient (Wildman–Crippen LogP) is 1.46. The summed E-state index contributed by atoms with van der Waals surface area (Å²) in [6, 6.07) is 0. The Bertz CT molecular complexity index is 27.2. The van der Waals surface area contributed by atoms with Crippen LogP contribution >= 0.6 is 9.42 Å². The van der Waals surface area contributed by atoms with Crippen molar-refractivity contribution in [3.05, 3.63) is 0 Å². The molecule has 0 aromatic carbocycles. The first-order valence-electron chi connectivity index (χ1n) is 1.88. The van der Waals surface area contributed by atoms with Gasteiger partial charge in [-0.3, -0.25) is 0 Å². The molecule has 0 radical (unpaired) electrons. The summed E-state index contributed by atoms with van der Waals surface area (Å²) in [5, 5.41) is 8.52. The molecule has 0 amide bonds. The molecule has 0 aromatic rings. The van der Waals surface area contributed by atoms with E-state index < -0.39 is 5.60 Å². The summed E-state index contributed by atoms with van der Waals surface area (Å²) in [7, 11) is 4.72. The molecule has 0 atom stereocenters. The van der Waals surface area contributed by atoms with Crippen molar-refractivity contribution in [1.29, 1.82) is 0 Å². The summed E-state index contributed by atoms with van der Waals surface area (Å²) in [6.45, 7) is 5.23. The van der Waals surface area contributed by atoms with Crippen LogP contribution in [0.25, 0.3) is 0 Å². The molecule has 45 valence electrons. The molecule has 0 unspecified atom stereocenters. The Kier molecular flexibility index (Phi) is 7.87. The van der Waals surface area contributed by atoms with E-state index in [1.54, 1.807) is 20.8 Å². The van der Waals surface area contributed by atoms with Gasteiger partial charge in [-0.1, -0.05) is 0 Å². The van der Waals surface area contributed by atoms with Crippen LogP contribution in [0.5, 0.6) is 0 Å². The molecular weight excluding hydrogens is 283 g/mol. The van der Waals surface area contributed by atoms with E-state index in [4.69, 9.17) is 14.5 Å². The summed E-state index contributed by atoms with van der Waals surface area (Å²) >= 11 is 1.06. The van der Waals surface area contributed by atoms with Gasteiger partial charge in [-0.05, 0) is 20.8 Å². The molecule has 0 aliphatic heterocycles. The average Bonchev–Trinajstić information content (AvgIpc) is 1.36. The predicted molar refractivity (Wildman–Crippen MR) is 27.8 cm³/mol. The van der Waals surface area contributed by atoms with Gasteiger partial charge in [0.15, 0.2) is 0 Å². The third-order valence-corrected chi connectivity index (χ3v) is 0. The van der Waals surface area contributed by atoms with Crippen LogP contribution in [0, 0.1) is 0 Å². The van der Waals surface area contributed by atoms with E-state index in [9.17, 15) is 0 Å². The minimum atomic E-state index is -0.500. The average molecular weight is 293 g/mol. The molecule has 0 heterocycles. The molecule has 1 nitrogen and oxygen atoms in total. The van der Waals surface area contributed by atoms with Crippen LogP contribution in [0.4, 0.5) is 0 Å². The zero-order valence-electron chi connectivity index (χ0n) is 4.73. The van der Waals surface area contributed by atoms with E-state index in [2.05, 4.69) is 0 Å². The molecule has 0 aliphatic rings. The Labute approximate surface area is 59.9 Å². The second kappa shape index (κ2) is 5.08. The van der Waals surface area contributed by atoms with Crippen LogP contribution in [0.15, 0.2) is 0 Å². The Morgan fingerprint density at radius 2 is 1.29 bits per heavy atom. The summed E-state index contributed by atoms with van der Waals surface area (Å²) < 4.78 is 0. The Morgan fingerprint density at radius 1 is 1.29 bits per heavy atom. The number of rotatable bonds is 0. The quantitative estimate of drug-likeness (QED) is 0.717. The van der Waals surface area contributed by atoms with Gasteiger partial charge in [-0.2, -0.15) is 0 Å². The van der Waals surface area contributed by atoms with Crippen LogP contribution < -0.4 is 0 Å². The van der Waals surface area contributed by atoms with E-state index in [0.717, 1.165) is 18.8 Å². The third kappa shape index (κ3) is 192. The first-order valence-corrected chi connectivity index (χ1v) is 5.51. The summed E-state index contributed by atoms with van der Waals surface area (Å²) in [5.41, 5.74) is -0.500. The van der Waals surface area contributed by atoms with Crippen LogP contribution in [-0.4, -0.2) is 10.7 Å². The number of halogens is 1. The molecule has 0 fully saturated rings. The Balaban J connectivity index is 0. The second-order valence-electron chi connectivity index (χ2n) is 2.17. The normalized spacial score (nSPS) is 9.29. The van der Waals surface area contributed by atoms with Crippen molar-refractivity contribution >= 4 is 9.42 Å². The SMILES string of the molecule is CC(C)(C)O.[Cl][W]. The van der Waals surface area contributed by atoms with Gasteiger partial charge in [0, 0.05) is 0 Å². The fourth-order valence-corrected chi connectivity index (χ4v) is 0. The number of hydrogen-bond acceptors (Lipinski definition) is 1. The van der Waals surface area contributed by atoms with Crippen molar-refractivity contribution in [2.75, 3.05) is 0 Å². The Hall–Kier alpha value is 0.938. The third-order valence-electron chi connectivity index (χ3n) is 0. The van der Waals surface area contributed by atoms with E-state index >= 15 is 0 Å². The first-order chi connectivity index (χ1) is 3.00. The first kappa shape index (κ1) is 10.8. The molecule has 0 spiro atoms. The molecule has 0 aliphatic carbocycles. The molecule has 3 heteroatoms. The molecule has 1 N–H and O–H groups in total. The number of hydrogen-bond donors (Lipinski definition) is 1. The molecule has 0 bridgehead atoms. The topological polar surface area (TPSA) is 20.2 Å². The van der Waals surface area contributed by atoms with Crippen LogP contribution in [0.3, 0.4) is 0 Å². The van der Waals surface area contributed by atoms with E-state index in [-0.39, 0.29) is 0 Å². The monoisotopic (exact) mass is 293 g/mol. The van der Waals surface area contributed by atoms with Crippen molar-refractivity contribution in [2.24, 2.45) is 0 Å². The zero-order valence-corrected chi connectivity index (χ0v) is 8.42. The van der Waals surface area contributed by atoms with Crippen LogP contribution in [0.1, 0.15) is 20.8 Å². The van der Waals surface area contributed by atoms with Gasteiger partial charge in [0.1, 0.15) is 0 Å². The zero-order chi connectivity index (χ0) is 6.50. The maximum atomic E-state index is 8.52. The van der Waals surface area contributed by atoms with Gasteiger partial charge >= 0.3 is 28.2 Å². The van der Waals surface area contributed by atoms with Gasteiger partial charge in [-0.25, -0.2) is 0 Å².